The van der Waals surface area contributed by atoms with Crippen molar-refractivity contribution in [3.05, 3.63) is 43.3 Å². The van der Waals surface area contributed by atoms with Crippen molar-refractivity contribution in [2.75, 3.05) is 6.54 Å². The molecule has 0 unspecified atom stereocenters. The summed E-state index contributed by atoms with van der Waals surface area (Å²) in [6.07, 6.45) is 1.03. The number of aryl methyl sites for hydroxylation is 2. The highest BCUT2D eigenvalue weighted by Gasteiger charge is 2.11. The van der Waals surface area contributed by atoms with Gasteiger partial charge in [-0.1, -0.05) is 18.8 Å². The Labute approximate surface area is 133 Å². The number of hydrogen-bond donors (Lipinski definition) is 2. The number of carbonyl (C=O) groups is 1. The molecule has 0 spiro atoms. The normalized spacial score (nSPS) is 10.0. The molecular formula is C16H18N2OS2. The molecule has 1 amide bonds. The van der Waals surface area contributed by atoms with Crippen molar-refractivity contribution < 1.29 is 4.79 Å². The van der Waals surface area contributed by atoms with Gasteiger partial charge in [-0.15, -0.1) is 22.7 Å². The predicted molar refractivity (Wildman–Crippen MR) is 89.9 cm³/mol. The van der Waals surface area contributed by atoms with Gasteiger partial charge in [0.05, 0.1) is 22.8 Å². The van der Waals surface area contributed by atoms with Crippen LogP contribution in [0.15, 0.2) is 18.2 Å². The maximum absolute atomic E-state index is 12.2. The Balaban J connectivity index is 2.00. The average molecular weight is 318 g/mol. The maximum Gasteiger partial charge on any atom is 0.261 e. The van der Waals surface area contributed by atoms with Gasteiger partial charge in [0.25, 0.3) is 5.91 Å². The van der Waals surface area contributed by atoms with Crippen LogP contribution in [0.25, 0.3) is 0 Å². The fourth-order valence-corrected chi connectivity index (χ4v) is 3.67. The summed E-state index contributed by atoms with van der Waals surface area (Å²) in [6.45, 7) is 4.99. The van der Waals surface area contributed by atoms with E-state index in [0.29, 0.717) is 18.0 Å². The Hall–Kier alpha value is -1.61. The molecule has 0 fully saturated rings. The van der Waals surface area contributed by atoms with Crippen LogP contribution in [-0.4, -0.2) is 12.5 Å². The summed E-state index contributed by atoms with van der Waals surface area (Å²) in [6, 6.07) is 6.07. The lowest BCUT2D eigenvalue weighted by molar-refractivity contribution is 0.0955. The molecule has 3 nitrogen and oxygen atoms in total. The molecule has 0 aromatic carbocycles. The minimum Gasteiger partial charge on any atom is -0.346 e. The number of rotatable bonds is 4. The molecule has 110 valence electrons. The van der Waals surface area contributed by atoms with Gasteiger partial charge in [0.1, 0.15) is 0 Å². The van der Waals surface area contributed by atoms with Gasteiger partial charge in [-0.25, -0.2) is 0 Å². The summed E-state index contributed by atoms with van der Waals surface area (Å²) in [5.74, 6) is 5.78. The molecular weight excluding hydrogens is 300 g/mol. The quantitative estimate of drug-likeness (QED) is 0.852. The van der Waals surface area contributed by atoms with Crippen molar-refractivity contribution >= 4 is 28.6 Å². The van der Waals surface area contributed by atoms with Crippen LogP contribution in [0, 0.1) is 18.8 Å². The molecule has 0 aliphatic heterocycles. The van der Waals surface area contributed by atoms with Gasteiger partial charge in [-0.2, -0.15) is 0 Å². The van der Waals surface area contributed by atoms with Gasteiger partial charge in [0, 0.05) is 9.75 Å². The van der Waals surface area contributed by atoms with Crippen molar-refractivity contribution in [3.8, 4) is 11.8 Å². The molecule has 3 N–H and O–H groups in total. The van der Waals surface area contributed by atoms with Crippen LogP contribution in [0.3, 0.4) is 0 Å². The fraction of sp³-hybridized carbons (Fsp3) is 0.312. The molecule has 2 heterocycles. The molecule has 0 radical (unpaired) electrons. The molecule has 0 aliphatic rings. The van der Waals surface area contributed by atoms with Gasteiger partial charge in [-0.3, -0.25) is 4.79 Å². The van der Waals surface area contributed by atoms with Crippen molar-refractivity contribution in [2.24, 2.45) is 5.73 Å². The number of nitrogens with one attached hydrogen (secondary N) is 1. The van der Waals surface area contributed by atoms with E-state index in [1.54, 1.807) is 11.3 Å². The highest BCUT2D eigenvalue weighted by Crippen LogP contribution is 2.21. The maximum atomic E-state index is 12.2. The van der Waals surface area contributed by atoms with E-state index < -0.39 is 0 Å². The first-order valence-corrected chi connectivity index (χ1v) is 8.42. The number of hydrogen-bond acceptors (Lipinski definition) is 4. The third-order valence-corrected chi connectivity index (χ3v) is 5.32. The molecule has 0 saturated carbocycles. The van der Waals surface area contributed by atoms with Crippen LogP contribution < -0.4 is 11.1 Å². The first kappa shape index (κ1) is 15.8. The lowest BCUT2D eigenvalue weighted by Gasteiger charge is -2.00. The van der Waals surface area contributed by atoms with Gasteiger partial charge in [0.2, 0.25) is 0 Å². The lowest BCUT2D eigenvalue weighted by Crippen LogP contribution is -2.21. The first-order valence-electron chi connectivity index (χ1n) is 6.79. The summed E-state index contributed by atoms with van der Waals surface area (Å²) >= 11 is 3.16. The second-order valence-corrected chi connectivity index (χ2v) is 6.84. The Morgan fingerprint density at radius 3 is 2.76 bits per heavy atom. The molecule has 2 aromatic heterocycles. The molecule has 0 saturated heterocycles. The third-order valence-electron chi connectivity index (χ3n) is 2.93. The zero-order valence-electron chi connectivity index (χ0n) is 12.2. The Morgan fingerprint density at radius 1 is 1.33 bits per heavy atom. The zero-order chi connectivity index (χ0) is 15.2. The van der Waals surface area contributed by atoms with Crippen LogP contribution in [0.1, 0.15) is 36.8 Å². The van der Waals surface area contributed by atoms with E-state index in [9.17, 15) is 4.79 Å². The van der Waals surface area contributed by atoms with Gasteiger partial charge < -0.3 is 11.1 Å². The van der Waals surface area contributed by atoms with E-state index in [4.69, 9.17) is 5.73 Å². The summed E-state index contributed by atoms with van der Waals surface area (Å²) in [4.78, 5) is 16.3. The van der Waals surface area contributed by atoms with Crippen molar-refractivity contribution in [1.82, 2.24) is 5.32 Å². The van der Waals surface area contributed by atoms with Crippen LogP contribution in [0.4, 0.5) is 0 Å². The highest BCUT2D eigenvalue weighted by atomic mass is 32.1. The lowest BCUT2D eigenvalue weighted by atomic mass is 10.2. The molecule has 2 aromatic rings. The predicted octanol–water partition coefficient (Wildman–Crippen LogP) is 2.92. The number of nitrogens with two attached hydrogens (primary N) is 1. The second-order valence-electron chi connectivity index (χ2n) is 4.53. The van der Waals surface area contributed by atoms with Crippen molar-refractivity contribution in [3.63, 3.8) is 0 Å². The number of thiophene rings is 2. The topological polar surface area (TPSA) is 55.1 Å². The van der Waals surface area contributed by atoms with Gasteiger partial charge >= 0.3 is 0 Å². The van der Waals surface area contributed by atoms with Crippen molar-refractivity contribution in [1.29, 1.82) is 0 Å². The number of amides is 1. The molecule has 0 aliphatic carbocycles. The largest absolute Gasteiger partial charge is 0.346 e. The van der Waals surface area contributed by atoms with E-state index in [-0.39, 0.29) is 5.91 Å². The van der Waals surface area contributed by atoms with E-state index in [0.717, 1.165) is 16.9 Å². The van der Waals surface area contributed by atoms with Gasteiger partial charge in [0.15, 0.2) is 0 Å². The van der Waals surface area contributed by atoms with Crippen LogP contribution in [0.5, 0.6) is 0 Å². The Morgan fingerprint density at radius 2 is 2.10 bits per heavy atom. The Kier molecular flexibility index (Phi) is 5.57. The minimum absolute atomic E-state index is 0.0460. The van der Waals surface area contributed by atoms with Crippen LogP contribution in [-0.2, 0) is 13.0 Å². The van der Waals surface area contributed by atoms with E-state index in [1.807, 2.05) is 13.0 Å². The van der Waals surface area contributed by atoms with Crippen LogP contribution >= 0.6 is 22.7 Å². The first-order chi connectivity index (χ1) is 10.1. The summed E-state index contributed by atoms with van der Waals surface area (Å²) < 4.78 is 0. The summed E-state index contributed by atoms with van der Waals surface area (Å²) in [7, 11) is 0. The SMILES string of the molecule is CCc1ccc(CNC(=O)c2cc(C)c(C#CCN)s2)s1. The standard InChI is InChI=1S/C16H18N2OS2/c1-3-12-6-7-13(20-12)10-18-16(19)15-9-11(2)14(21-15)5-4-8-17/h6-7,9H,3,8,10,17H2,1-2H3,(H,18,19). The summed E-state index contributed by atoms with van der Waals surface area (Å²) in [5.41, 5.74) is 6.40. The third kappa shape index (κ3) is 4.18. The molecule has 0 bridgehead atoms. The van der Waals surface area contributed by atoms with Gasteiger partial charge in [-0.05, 0) is 37.1 Å². The second kappa shape index (κ2) is 7.41. The molecule has 2 rings (SSSR count). The molecule has 0 atom stereocenters. The zero-order valence-corrected chi connectivity index (χ0v) is 13.8. The monoisotopic (exact) mass is 318 g/mol. The average Bonchev–Trinajstić information content (AvgIpc) is 3.09. The molecule has 5 heteroatoms. The fourth-order valence-electron chi connectivity index (χ4n) is 1.81. The summed E-state index contributed by atoms with van der Waals surface area (Å²) in [5, 5.41) is 2.96. The molecule has 21 heavy (non-hydrogen) atoms. The highest BCUT2D eigenvalue weighted by molar-refractivity contribution is 7.14. The number of carbonyl (C=O) groups excluding carboxylic acids is 1. The minimum atomic E-state index is -0.0460. The van der Waals surface area contributed by atoms with E-state index in [2.05, 4.69) is 36.2 Å². The van der Waals surface area contributed by atoms with Crippen molar-refractivity contribution in [2.45, 2.75) is 26.8 Å². The Bertz CT molecular complexity index is 689. The smallest absolute Gasteiger partial charge is 0.261 e. The van der Waals surface area contributed by atoms with E-state index in [1.165, 1.54) is 21.1 Å². The van der Waals surface area contributed by atoms with Crippen LogP contribution in [0.2, 0.25) is 0 Å². The van der Waals surface area contributed by atoms with E-state index >= 15 is 0 Å².